The van der Waals surface area contributed by atoms with Crippen LogP contribution in [-0.2, 0) is 10.0 Å². The normalized spacial score (nSPS) is 12.5. The van der Waals surface area contributed by atoms with Gasteiger partial charge in [-0.05, 0) is 42.8 Å². The first-order valence-corrected chi connectivity index (χ1v) is 11.3. The van der Waals surface area contributed by atoms with Crippen LogP contribution >= 0.6 is 23.2 Å². The molecule has 0 fully saturated rings. The molecule has 0 radical (unpaired) electrons. The van der Waals surface area contributed by atoms with E-state index in [1.807, 2.05) is 0 Å². The quantitative estimate of drug-likeness (QED) is 0.518. The first kappa shape index (κ1) is 23.0. The summed E-state index contributed by atoms with van der Waals surface area (Å²) in [5.41, 5.74) is -0.285. The number of anilines is 1. The lowest BCUT2D eigenvalue weighted by Gasteiger charge is -2.15. The number of benzene rings is 2. The van der Waals surface area contributed by atoms with Gasteiger partial charge in [-0.2, -0.15) is 0 Å². The number of hydrogen-bond donors (Lipinski definition) is 2. The van der Waals surface area contributed by atoms with Gasteiger partial charge in [-0.15, -0.1) is 0 Å². The van der Waals surface area contributed by atoms with Crippen molar-refractivity contribution < 1.29 is 26.4 Å². The third-order valence-corrected chi connectivity index (χ3v) is 5.42. The van der Waals surface area contributed by atoms with Gasteiger partial charge in [0.15, 0.2) is 17.3 Å². The van der Waals surface area contributed by atoms with Crippen LogP contribution in [0.15, 0.2) is 41.0 Å². The highest BCUT2D eigenvalue weighted by Crippen LogP contribution is 2.28. The number of amides is 1. The van der Waals surface area contributed by atoms with Gasteiger partial charge in [-0.3, -0.25) is 9.52 Å². The van der Waals surface area contributed by atoms with Crippen molar-refractivity contribution >= 4 is 44.8 Å². The minimum atomic E-state index is -3.87. The van der Waals surface area contributed by atoms with Gasteiger partial charge < -0.3 is 9.73 Å². The van der Waals surface area contributed by atoms with Gasteiger partial charge in [0, 0.05) is 5.56 Å². The lowest BCUT2D eigenvalue weighted by molar-refractivity contribution is 0.0934. The standard InChI is InChI=1S/C19H15Cl2F2N3O4S/c1-9(11-6-14(22)17(15(23)7-11)26-31(2,28)29)24-18(27)16-8-30-19(25-16)10-3-4-12(20)13(21)5-10/h3-9,26H,1-2H3,(H,24,27)/t9-/m1/s1. The molecule has 164 valence electrons. The molecule has 0 aliphatic carbocycles. The fourth-order valence-electron chi connectivity index (χ4n) is 2.62. The van der Waals surface area contributed by atoms with Crippen molar-refractivity contribution in [3.05, 3.63) is 69.5 Å². The molecule has 1 heterocycles. The molecule has 2 N–H and O–H groups in total. The fourth-order valence-corrected chi connectivity index (χ4v) is 3.48. The molecule has 1 amide bonds. The first-order valence-electron chi connectivity index (χ1n) is 8.63. The summed E-state index contributed by atoms with van der Waals surface area (Å²) in [5.74, 6) is -2.76. The van der Waals surface area contributed by atoms with Gasteiger partial charge in [0.25, 0.3) is 5.91 Å². The van der Waals surface area contributed by atoms with E-state index in [9.17, 15) is 22.0 Å². The molecule has 12 heteroatoms. The van der Waals surface area contributed by atoms with Crippen LogP contribution in [0.1, 0.15) is 29.0 Å². The molecule has 3 rings (SSSR count). The highest BCUT2D eigenvalue weighted by Gasteiger charge is 2.20. The summed E-state index contributed by atoms with van der Waals surface area (Å²) in [6.07, 6.45) is 1.90. The minimum Gasteiger partial charge on any atom is -0.444 e. The summed E-state index contributed by atoms with van der Waals surface area (Å²) in [4.78, 5) is 16.5. The molecular weight excluding hydrogens is 475 g/mol. The molecule has 31 heavy (non-hydrogen) atoms. The van der Waals surface area contributed by atoms with E-state index in [-0.39, 0.29) is 22.2 Å². The van der Waals surface area contributed by atoms with Crippen molar-refractivity contribution in [1.29, 1.82) is 0 Å². The summed E-state index contributed by atoms with van der Waals surface area (Å²) in [7, 11) is -3.87. The van der Waals surface area contributed by atoms with E-state index in [0.717, 1.165) is 24.7 Å². The van der Waals surface area contributed by atoms with Crippen LogP contribution in [0.4, 0.5) is 14.5 Å². The molecule has 7 nitrogen and oxygen atoms in total. The van der Waals surface area contributed by atoms with Crippen molar-refractivity contribution in [2.24, 2.45) is 0 Å². The zero-order valence-corrected chi connectivity index (χ0v) is 18.4. The molecule has 0 bridgehead atoms. The molecule has 2 aromatic carbocycles. The van der Waals surface area contributed by atoms with Crippen molar-refractivity contribution in [2.75, 3.05) is 11.0 Å². The lowest BCUT2D eigenvalue weighted by Crippen LogP contribution is -2.27. The molecule has 1 atom stereocenters. The second-order valence-electron chi connectivity index (χ2n) is 6.60. The summed E-state index contributed by atoms with van der Waals surface area (Å²) < 4.78 is 57.9. The Morgan fingerprint density at radius 3 is 2.35 bits per heavy atom. The SMILES string of the molecule is C[C@@H](NC(=O)c1coc(-c2ccc(Cl)c(Cl)c2)n1)c1cc(F)c(NS(C)(=O)=O)c(F)c1. The van der Waals surface area contributed by atoms with Gasteiger partial charge in [-0.25, -0.2) is 22.2 Å². The molecular formula is C19H15Cl2F2N3O4S. The maximum Gasteiger partial charge on any atom is 0.273 e. The molecule has 0 aliphatic heterocycles. The molecule has 0 saturated carbocycles. The zero-order valence-electron chi connectivity index (χ0n) is 16.0. The number of carbonyl (C=O) groups is 1. The van der Waals surface area contributed by atoms with Gasteiger partial charge >= 0.3 is 0 Å². The van der Waals surface area contributed by atoms with E-state index in [0.29, 0.717) is 10.6 Å². The predicted molar refractivity (Wildman–Crippen MR) is 113 cm³/mol. The monoisotopic (exact) mass is 489 g/mol. The number of carbonyl (C=O) groups excluding carboxylic acids is 1. The molecule has 3 aromatic rings. The van der Waals surface area contributed by atoms with Crippen LogP contribution in [0.5, 0.6) is 0 Å². The Balaban J connectivity index is 1.76. The van der Waals surface area contributed by atoms with Crippen LogP contribution in [0, 0.1) is 11.6 Å². The summed E-state index contributed by atoms with van der Waals surface area (Å²) in [6.45, 7) is 1.50. The second kappa shape index (κ2) is 8.81. The van der Waals surface area contributed by atoms with Crippen molar-refractivity contribution in [3.8, 4) is 11.5 Å². The van der Waals surface area contributed by atoms with E-state index in [4.69, 9.17) is 27.6 Å². The van der Waals surface area contributed by atoms with Gasteiger partial charge in [-0.1, -0.05) is 23.2 Å². The molecule has 1 aromatic heterocycles. The van der Waals surface area contributed by atoms with Crippen molar-refractivity contribution in [2.45, 2.75) is 13.0 Å². The third kappa shape index (κ3) is 5.52. The van der Waals surface area contributed by atoms with Gasteiger partial charge in [0.05, 0.1) is 22.3 Å². The van der Waals surface area contributed by atoms with Crippen LogP contribution in [0.2, 0.25) is 10.0 Å². The third-order valence-electron chi connectivity index (χ3n) is 4.10. The topological polar surface area (TPSA) is 101 Å². The maximum absolute atomic E-state index is 14.2. The van der Waals surface area contributed by atoms with E-state index < -0.39 is 39.3 Å². The van der Waals surface area contributed by atoms with E-state index in [2.05, 4.69) is 10.3 Å². The van der Waals surface area contributed by atoms with Crippen LogP contribution in [-0.4, -0.2) is 25.6 Å². The van der Waals surface area contributed by atoms with Crippen LogP contribution in [0.25, 0.3) is 11.5 Å². The van der Waals surface area contributed by atoms with E-state index in [1.54, 1.807) is 16.9 Å². The van der Waals surface area contributed by atoms with E-state index >= 15 is 0 Å². The Kier molecular flexibility index (Phi) is 6.54. The minimum absolute atomic E-state index is 0.0655. The number of oxazole rings is 1. The number of aromatic nitrogens is 1. The van der Waals surface area contributed by atoms with Gasteiger partial charge in [0.2, 0.25) is 15.9 Å². The Hall–Kier alpha value is -2.69. The highest BCUT2D eigenvalue weighted by atomic mass is 35.5. The number of rotatable bonds is 6. The Labute approximate surface area is 186 Å². The largest absolute Gasteiger partial charge is 0.444 e. The average Bonchev–Trinajstić information content (AvgIpc) is 3.16. The summed E-state index contributed by atoms with van der Waals surface area (Å²) >= 11 is 11.8. The van der Waals surface area contributed by atoms with Crippen molar-refractivity contribution in [3.63, 3.8) is 0 Å². The van der Waals surface area contributed by atoms with Crippen LogP contribution < -0.4 is 10.0 Å². The number of nitrogens with one attached hydrogen (secondary N) is 2. The van der Waals surface area contributed by atoms with Gasteiger partial charge in [0.1, 0.15) is 12.0 Å². The Morgan fingerprint density at radius 2 is 1.77 bits per heavy atom. The smallest absolute Gasteiger partial charge is 0.273 e. The van der Waals surface area contributed by atoms with Crippen molar-refractivity contribution in [1.82, 2.24) is 10.3 Å². The average molecular weight is 490 g/mol. The fraction of sp³-hybridized carbons (Fsp3) is 0.158. The maximum atomic E-state index is 14.2. The number of halogens is 4. The molecule has 0 saturated heterocycles. The molecule has 0 aliphatic rings. The van der Waals surface area contributed by atoms with Crippen LogP contribution in [0.3, 0.4) is 0 Å². The predicted octanol–water partition coefficient (Wildman–Crippen LogP) is 4.79. The Bertz CT molecular complexity index is 1240. The number of hydrogen-bond acceptors (Lipinski definition) is 5. The number of nitrogens with zero attached hydrogens (tertiary/aromatic N) is 1. The van der Waals surface area contributed by atoms with E-state index in [1.165, 1.54) is 13.0 Å². The second-order valence-corrected chi connectivity index (χ2v) is 9.16. The summed E-state index contributed by atoms with van der Waals surface area (Å²) in [5, 5.41) is 3.17. The lowest BCUT2D eigenvalue weighted by atomic mass is 10.1. The highest BCUT2D eigenvalue weighted by molar-refractivity contribution is 7.92. The summed E-state index contributed by atoms with van der Waals surface area (Å²) in [6, 6.07) is 5.71. The molecule has 0 spiro atoms. The first-order chi connectivity index (χ1) is 14.4. The Morgan fingerprint density at radius 1 is 1.13 bits per heavy atom. The zero-order chi connectivity index (χ0) is 22.9. The molecule has 0 unspecified atom stereocenters. The number of sulfonamides is 1.